The summed E-state index contributed by atoms with van der Waals surface area (Å²) in [6.45, 7) is 0.389. The van der Waals surface area contributed by atoms with E-state index in [1.165, 1.54) is 17.9 Å². The molecule has 3 aromatic carbocycles. The molecule has 0 fully saturated rings. The number of aryl methyl sites for hydroxylation is 1. The summed E-state index contributed by atoms with van der Waals surface area (Å²) in [5.74, 6) is 0.140. The van der Waals surface area contributed by atoms with E-state index < -0.39 is 18.0 Å². The summed E-state index contributed by atoms with van der Waals surface area (Å²) < 4.78 is 33.5. The Morgan fingerprint density at radius 2 is 1.78 bits per heavy atom. The van der Waals surface area contributed by atoms with Gasteiger partial charge in [-0.2, -0.15) is 5.10 Å². The van der Waals surface area contributed by atoms with Crippen molar-refractivity contribution >= 4 is 11.6 Å². The van der Waals surface area contributed by atoms with Gasteiger partial charge in [0.25, 0.3) is 12.3 Å². The highest BCUT2D eigenvalue weighted by Gasteiger charge is 2.23. The number of alkyl halides is 2. The van der Waals surface area contributed by atoms with Crippen LogP contribution in [0.15, 0.2) is 85.1 Å². The predicted octanol–water partition coefficient (Wildman–Crippen LogP) is 5.86. The largest absolute Gasteiger partial charge is 0.489 e. The fourth-order valence-electron chi connectivity index (χ4n) is 3.39. The van der Waals surface area contributed by atoms with Crippen molar-refractivity contribution in [2.45, 2.75) is 13.0 Å². The van der Waals surface area contributed by atoms with Gasteiger partial charge in [-0.15, -0.1) is 0 Å². The number of ether oxygens (including phenoxy) is 1. The van der Waals surface area contributed by atoms with Crippen molar-refractivity contribution in [3.8, 4) is 16.9 Å². The number of halogens is 2. The molecule has 0 saturated heterocycles. The zero-order chi connectivity index (χ0) is 22.5. The molecule has 1 amide bonds. The smallest absolute Gasteiger partial charge is 0.282 e. The first kappa shape index (κ1) is 21.2. The summed E-state index contributed by atoms with van der Waals surface area (Å²) in [7, 11) is 1.50. The standard InChI is InChI=1S/C25H21F2N3O2/c1-30-15-21(23(29-30)24(26)27)25(31)28-22-13-6-5-12-20(22)18-9-7-8-17(14-18)16-32-19-10-3-2-4-11-19/h2-15,24H,16H2,1H3,(H,28,31). The summed E-state index contributed by atoms with van der Waals surface area (Å²) in [6.07, 6.45) is -1.55. The van der Waals surface area contributed by atoms with E-state index in [-0.39, 0.29) is 5.56 Å². The van der Waals surface area contributed by atoms with Crippen LogP contribution in [0.1, 0.15) is 28.0 Å². The maximum Gasteiger partial charge on any atom is 0.282 e. The predicted molar refractivity (Wildman–Crippen MR) is 119 cm³/mol. The van der Waals surface area contributed by atoms with E-state index >= 15 is 0 Å². The van der Waals surface area contributed by atoms with Crippen LogP contribution in [-0.2, 0) is 13.7 Å². The number of amides is 1. The Morgan fingerprint density at radius 3 is 2.56 bits per heavy atom. The average molecular weight is 433 g/mol. The minimum Gasteiger partial charge on any atom is -0.489 e. The molecule has 4 rings (SSSR count). The second-order valence-electron chi connectivity index (χ2n) is 7.20. The molecule has 0 atom stereocenters. The Morgan fingerprint density at radius 1 is 1.03 bits per heavy atom. The number of nitrogens with zero attached hydrogens (tertiary/aromatic N) is 2. The van der Waals surface area contributed by atoms with Crippen LogP contribution >= 0.6 is 0 Å². The zero-order valence-corrected chi connectivity index (χ0v) is 17.3. The quantitative estimate of drug-likeness (QED) is 0.397. The van der Waals surface area contributed by atoms with E-state index in [9.17, 15) is 13.6 Å². The Bertz CT molecular complexity index is 1220. The Hall–Kier alpha value is -4.00. The van der Waals surface area contributed by atoms with Crippen LogP contribution in [0.4, 0.5) is 14.5 Å². The topological polar surface area (TPSA) is 56.2 Å². The summed E-state index contributed by atoms with van der Waals surface area (Å²) in [4.78, 5) is 12.7. The first-order chi connectivity index (χ1) is 15.5. The van der Waals surface area contributed by atoms with E-state index in [1.54, 1.807) is 12.1 Å². The SMILES string of the molecule is Cn1cc(C(=O)Nc2ccccc2-c2cccc(COc3ccccc3)c2)c(C(F)F)n1. The van der Waals surface area contributed by atoms with Crippen LogP contribution in [0.25, 0.3) is 11.1 Å². The Kier molecular flexibility index (Phi) is 6.26. The number of nitrogens with one attached hydrogen (secondary N) is 1. The molecule has 0 radical (unpaired) electrons. The van der Waals surface area contributed by atoms with Gasteiger partial charge in [-0.3, -0.25) is 9.48 Å². The zero-order valence-electron chi connectivity index (χ0n) is 17.3. The van der Waals surface area contributed by atoms with Gasteiger partial charge in [0, 0.05) is 24.5 Å². The van der Waals surface area contributed by atoms with Crippen molar-refractivity contribution in [1.82, 2.24) is 9.78 Å². The van der Waals surface area contributed by atoms with Gasteiger partial charge in [0.05, 0.1) is 5.56 Å². The number of hydrogen-bond acceptors (Lipinski definition) is 3. The number of carbonyl (C=O) groups excluding carboxylic acids is 1. The minimum absolute atomic E-state index is 0.151. The Balaban J connectivity index is 1.57. The van der Waals surface area contributed by atoms with E-state index in [0.29, 0.717) is 12.3 Å². The monoisotopic (exact) mass is 433 g/mol. The van der Waals surface area contributed by atoms with E-state index in [1.807, 2.05) is 66.7 Å². The van der Waals surface area contributed by atoms with E-state index in [4.69, 9.17) is 4.74 Å². The fourth-order valence-corrected chi connectivity index (χ4v) is 3.39. The number of rotatable bonds is 7. The molecule has 4 aromatic rings. The van der Waals surface area contributed by atoms with Crippen molar-refractivity contribution in [1.29, 1.82) is 0 Å². The van der Waals surface area contributed by atoms with Crippen LogP contribution in [0.5, 0.6) is 5.75 Å². The van der Waals surface area contributed by atoms with Crippen LogP contribution in [0.2, 0.25) is 0 Å². The summed E-state index contributed by atoms with van der Waals surface area (Å²) in [5, 5.41) is 6.46. The number of anilines is 1. The van der Waals surface area contributed by atoms with Crippen molar-refractivity contribution < 1.29 is 18.3 Å². The van der Waals surface area contributed by atoms with Crippen molar-refractivity contribution in [2.24, 2.45) is 7.05 Å². The molecule has 1 N–H and O–H groups in total. The van der Waals surface area contributed by atoms with Gasteiger partial charge in [-0.25, -0.2) is 8.78 Å². The highest BCUT2D eigenvalue weighted by molar-refractivity contribution is 6.06. The summed E-state index contributed by atoms with van der Waals surface area (Å²) in [6, 6.07) is 24.5. The van der Waals surface area contributed by atoms with Gasteiger partial charge >= 0.3 is 0 Å². The molecule has 1 heterocycles. The lowest BCUT2D eigenvalue weighted by Gasteiger charge is -2.13. The molecule has 0 saturated carbocycles. The molecule has 0 aliphatic rings. The normalized spacial score (nSPS) is 10.9. The van der Waals surface area contributed by atoms with Gasteiger partial charge in [-0.05, 0) is 35.4 Å². The number of carbonyl (C=O) groups is 1. The third-order valence-corrected chi connectivity index (χ3v) is 4.87. The van der Waals surface area contributed by atoms with Gasteiger partial charge in [0.2, 0.25) is 0 Å². The second-order valence-corrected chi connectivity index (χ2v) is 7.20. The lowest BCUT2D eigenvalue weighted by atomic mass is 10.0. The first-order valence-electron chi connectivity index (χ1n) is 10.0. The highest BCUT2D eigenvalue weighted by atomic mass is 19.3. The molecule has 162 valence electrons. The molecule has 32 heavy (non-hydrogen) atoms. The lowest BCUT2D eigenvalue weighted by molar-refractivity contribution is 0.101. The fraction of sp³-hybridized carbons (Fsp3) is 0.120. The molecule has 0 unspecified atom stereocenters. The number of benzene rings is 3. The van der Waals surface area contributed by atoms with E-state index in [0.717, 1.165) is 22.4 Å². The van der Waals surface area contributed by atoms with Crippen molar-refractivity contribution in [2.75, 3.05) is 5.32 Å². The van der Waals surface area contributed by atoms with Gasteiger partial charge in [0.15, 0.2) is 0 Å². The number of aromatic nitrogens is 2. The number of hydrogen-bond donors (Lipinski definition) is 1. The molecule has 1 aromatic heterocycles. The molecule has 0 bridgehead atoms. The van der Waals surface area contributed by atoms with Gasteiger partial charge in [-0.1, -0.05) is 54.6 Å². The second kappa shape index (κ2) is 9.43. The van der Waals surface area contributed by atoms with Crippen LogP contribution in [0.3, 0.4) is 0 Å². The molecular weight excluding hydrogens is 412 g/mol. The third-order valence-electron chi connectivity index (χ3n) is 4.87. The molecule has 0 aliphatic carbocycles. The first-order valence-corrected chi connectivity index (χ1v) is 10.0. The summed E-state index contributed by atoms with van der Waals surface area (Å²) in [5.41, 5.74) is 2.42. The number of para-hydroxylation sites is 2. The van der Waals surface area contributed by atoms with Crippen molar-refractivity contribution in [3.05, 3.63) is 102 Å². The molecule has 0 spiro atoms. The molecule has 7 heteroatoms. The van der Waals surface area contributed by atoms with E-state index in [2.05, 4.69) is 10.4 Å². The average Bonchev–Trinajstić information content (AvgIpc) is 3.21. The summed E-state index contributed by atoms with van der Waals surface area (Å²) >= 11 is 0. The highest BCUT2D eigenvalue weighted by Crippen LogP contribution is 2.30. The maximum atomic E-state index is 13.3. The van der Waals surface area contributed by atoms with Crippen LogP contribution in [-0.4, -0.2) is 15.7 Å². The Labute approximate surface area is 184 Å². The third kappa shape index (κ3) is 4.83. The van der Waals surface area contributed by atoms with Crippen molar-refractivity contribution in [3.63, 3.8) is 0 Å². The van der Waals surface area contributed by atoms with Gasteiger partial charge < -0.3 is 10.1 Å². The molecule has 5 nitrogen and oxygen atoms in total. The maximum absolute atomic E-state index is 13.3. The molecular formula is C25H21F2N3O2. The lowest BCUT2D eigenvalue weighted by Crippen LogP contribution is -2.14. The van der Waals surface area contributed by atoms with Crippen LogP contribution in [0, 0.1) is 0 Å². The van der Waals surface area contributed by atoms with Gasteiger partial charge in [0.1, 0.15) is 18.1 Å². The minimum atomic E-state index is -2.84. The molecule has 0 aliphatic heterocycles. The van der Waals surface area contributed by atoms with Crippen LogP contribution < -0.4 is 10.1 Å².